The Morgan fingerprint density at radius 2 is 2.25 bits per heavy atom. The summed E-state index contributed by atoms with van der Waals surface area (Å²) in [5.41, 5.74) is 0.889. The lowest BCUT2D eigenvalue weighted by atomic mass is 10.1. The van der Waals surface area contributed by atoms with Crippen LogP contribution in [0.4, 0.5) is 0 Å². The molecule has 124 valence electrons. The lowest BCUT2D eigenvalue weighted by molar-refractivity contribution is -0.114. The fourth-order valence-corrected chi connectivity index (χ4v) is 3.69. The van der Waals surface area contributed by atoms with Gasteiger partial charge >= 0.3 is 0 Å². The zero-order valence-electron chi connectivity index (χ0n) is 13.2. The Labute approximate surface area is 152 Å². The molecule has 0 saturated heterocycles. The van der Waals surface area contributed by atoms with Crippen LogP contribution in [0.3, 0.4) is 0 Å². The topological polar surface area (TPSA) is 78.1 Å². The molecule has 24 heavy (non-hydrogen) atoms. The Kier molecular flexibility index (Phi) is 4.86. The molecule has 0 unspecified atom stereocenters. The Morgan fingerprint density at radius 1 is 1.46 bits per heavy atom. The molecule has 2 aliphatic heterocycles. The molecule has 0 radical (unpaired) electrons. The van der Waals surface area contributed by atoms with E-state index in [9.17, 15) is 4.79 Å². The van der Waals surface area contributed by atoms with Gasteiger partial charge in [-0.1, -0.05) is 22.9 Å². The van der Waals surface area contributed by atoms with Crippen molar-refractivity contribution in [1.82, 2.24) is 5.01 Å². The zero-order valence-corrected chi connectivity index (χ0v) is 15.6. The smallest absolute Gasteiger partial charge is 0.283 e. The van der Waals surface area contributed by atoms with Crippen LogP contribution in [0.2, 0.25) is 0 Å². The first-order chi connectivity index (χ1) is 11.5. The maximum absolute atomic E-state index is 12.4. The van der Waals surface area contributed by atoms with Gasteiger partial charge in [0.15, 0.2) is 5.84 Å². The predicted molar refractivity (Wildman–Crippen MR) is 101 cm³/mol. The van der Waals surface area contributed by atoms with Gasteiger partial charge in [-0.05, 0) is 48.9 Å². The van der Waals surface area contributed by atoms with E-state index in [2.05, 4.69) is 32.9 Å². The minimum atomic E-state index is -0.436. The number of aliphatic imine (C=N–C) groups is 1. The number of hydrogen-bond donors (Lipinski definition) is 1. The average Bonchev–Trinajstić information content (AvgIpc) is 2.94. The fourth-order valence-electron chi connectivity index (χ4n) is 2.32. The van der Waals surface area contributed by atoms with Gasteiger partial charge in [0.25, 0.3) is 5.91 Å². The number of carbonyl (C=O) groups is 1. The number of amidine groups is 2. The molecule has 0 atom stereocenters. The number of nitrogens with one attached hydrogen (secondary N) is 1. The number of amides is 1. The molecule has 0 aromatic heterocycles. The number of carbonyl (C=O) groups excluding carboxylic acids is 1. The number of hydrazone groups is 1. The van der Waals surface area contributed by atoms with Gasteiger partial charge in [-0.2, -0.15) is 15.1 Å². The van der Waals surface area contributed by atoms with Crippen LogP contribution in [-0.4, -0.2) is 34.1 Å². The molecule has 0 saturated carbocycles. The maximum atomic E-state index is 12.4. The van der Waals surface area contributed by atoms with Crippen molar-refractivity contribution in [3.63, 3.8) is 0 Å². The van der Waals surface area contributed by atoms with Gasteiger partial charge < -0.3 is 4.74 Å². The van der Waals surface area contributed by atoms with Gasteiger partial charge in [0, 0.05) is 10.0 Å². The first kappa shape index (κ1) is 16.9. The number of rotatable bonds is 4. The lowest BCUT2D eigenvalue weighted by Gasteiger charge is -2.20. The predicted octanol–water partition coefficient (Wildman–Crippen LogP) is 3.88. The molecular formula is C16H15BrN4O2S. The highest BCUT2D eigenvalue weighted by Crippen LogP contribution is 2.31. The first-order valence-electron chi connectivity index (χ1n) is 7.36. The van der Waals surface area contributed by atoms with Crippen LogP contribution in [0, 0.1) is 5.41 Å². The normalized spacial score (nSPS) is 18.6. The van der Waals surface area contributed by atoms with Gasteiger partial charge in [0.2, 0.25) is 5.17 Å². The summed E-state index contributed by atoms with van der Waals surface area (Å²) in [5, 5.41) is 15.5. The number of nitrogens with zero attached hydrogens (tertiary/aromatic N) is 3. The second kappa shape index (κ2) is 6.90. The lowest BCUT2D eigenvalue weighted by Crippen LogP contribution is -2.35. The van der Waals surface area contributed by atoms with Crippen LogP contribution in [0.1, 0.15) is 25.3 Å². The van der Waals surface area contributed by atoms with Gasteiger partial charge in [0.05, 0.1) is 12.7 Å². The van der Waals surface area contributed by atoms with Crippen molar-refractivity contribution in [3.05, 3.63) is 33.8 Å². The molecule has 0 aliphatic carbocycles. The number of benzene rings is 1. The Bertz CT molecular complexity index is 816. The van der Waals surface area contributed by atoms with Crippen molar-refractivity contribution in [2.45, 2.75) is 19.8 Å². The molecule has 2 aliphatic rings. The Hall–Kier alpha value is -1.93. The highest BCUT2D eigenvalue weighted by atomic mass is 79.9. The summed E-state index contributed by atoms with van der Waals surface area (Å²) in [5.74, 6) is 0.214. The molecule has 3 rings (SSSR count). The van der Waals surface area contributed by atoms with E-state index in [-0.39, 0.29) is 11.4 Å². The van der Waals surface area contributed by atoms with Gasteiger partial charge in [-0.3, -0.25) is 10.2 Å². The van der Waals surface area contributed by atoms with Crippen LogP contribution >= 0.6 is 27.7 Å². The Morgan fingerprint density at radius 3 is 2.96 bits per heavy atom. The monoisotopic (exact) mass is 406 g/mol. The first-order valence-corrected chi connectivity index (χ1v) is 8.97. The van der Waals surface area contributed by atoms with Crippen molar-refractivity contribution in [3.8, 4) is 5.75 Å². The second-order valence-electron chi connectivity index (χ2n) is 5.15. The van der Waals surface area contributed by atoms with E-state index in [1.165, 1.54) is 16.8 Å². The van der Waals surface area contributed by atoms with E-state index in [0.29, 0.717) is 16.5 Å². The molecule has 0 bridgehead atoms. The molecule has 6 nitrogen and oxygen atoms in total. The van der Waals surface area contributed by atoms with E-state index in [0.717, 1.165) is 22.4 Å². The summed E-state index contributed by atoms with van der Waals surface area (Å²) in [6, 6.07) is 5.48. The van der Waals surface area contributed by atoms with E-state index in [4.69, 9.17) is 10.1 Å². The summed E-state index contributed by atoms with van der Waals surface area (Å²) >= 11 is 4.75. The zero-order chi connectivity index (χ0) is 17.3. The van der Waals surface area contributed by atoms with Crippen LogP contribution in [0.15, 0.2) is 38.3 Å². The summed E-state index contributed by atoms with van der Waals surface area (Å²) in [6.45, 7) is 2.06. The SMILES string of the molecule is CCCC1=NN2C(=N)/C(=C\c3cc(Br)ccc3OC)C(=O)N=C2S1. The molecule has 1 N–H and O–H groups in total. The number of fused-ring (bicyclic) bond motifs is 1. The quantitative estimate of drug-likeness (QED) is 0.769. The molecule has 8 heteroatoms. The molecule has 2 heterocycles. The number of thioether (sulfide) groups is 1. The molecule has 1 amide bonds. The standard InChI is InChI=1S/C16H15BrN4O2S/c1-3-4-13-20-21-14(18)11(15(22)19-16(21)24-13)8-9-7-10(17)5-6-12(9)23-2/h5-8,18H,3-4H2,1-2H3/b11-8+,18-14?. The number of ether oxygens (including phenoxy) is 1. The molecular weight excluding hydrogens is 392 g/mol. The van der Waals surface area contributed by atoms with Gasteiger partial charge in [-0.15, -0.1) is 0 Å². The second-order valence-corrected chi connectivity index (χ2v) is 7.11. The Balaban J connectivity index is 2.00. The summed E-state index contributed by atoms with van der Waals surface area (Å²) in [7, 11) is 1.56. The van der Waals surface area contributed by atoms with Crippen LogP contribution in [0.25, 0.3) is 6.08 Å². The van der Waals surface area contributed by atoms with Crippen molar-refractivity contribution >= 4 is 55.7 Å². The van der Waals surface area contributed by atoms with Crippen molar-refractivity contribution < 1.29 is 9.53 Å². The fraction of sp³-hybridized carbons (Fsp3) is 0.250. The van der Waals surface area contributed by atoms with E-state index in [1.807, 2.05) is 12.1 Å². The van der Waals surface area contributed by atoms with Crippen LogP contribution in [-0.2, 0) is 4.79 Å². The molecule has 1 aromatic rings. The third kappa shape index (κ3) is 3.16. The number of halogens is 1. The summed E-state index contributed by atoms with van der Waals surface area (Å²) in [6.07, 6.45) is 3.37. The number of methoxy groups -OCH3 is 1. The van der Waals surface area contributed by atoms with Gasteiger partial charge in [0.1, 0.15) is 10.8 Å². The van der Waals surface area contributed by atoms with E-state index >= 15 is 0 Å². The number of hydrogen-bond acceptors (Lipinski definition) is 5. The minimum absolute atomic E-state index is 0.0330. The minimum Gasteiger partial charge on any atom is -0.496 e. The highest BCUT2D eigenvalue weighted by molar-refractivity contribution is 9.10. The average molecular weight is 407 g/mol. The molecule has 0 spiro atoms. The molecule has 1 aromatic carbocycles. The van der Waals surface area contributed by atoms with Crippen LogP contribution < -0.4 is 4.74 Å². The maximum Gasteiger partial charge on any atom is 0.283 e. The van der Waals surface area contributed by atoms with E-state index in [1.54, 1.807) is 19.3 Å². The highest BCUT2D eigenvalue weighted by Gasteiger charge is 2.35. The van der Waals surface area contributed by atoms with E-state index < -0.39 is 5.91 Å². The van der Waals surface area contributed by atoms with Crippen molar-refractivity contribution in [1.29, 1.82) is 5.41 Å². The molecule has 0 fully saturated rings. The third-order valence-corrected chi connectivity index (χ3v) is 4.91. The largest absolute Gasteiger partial charge is 0.496 e. The van der Waals surface area contributed by atoms with Crippen molar-refractivity contribution in [2.75, 3.05) is 7.11 Å². The van der Waals surface area contributed by atoms with Crippen LogP contribution in [0.5, 0.6) is 5.75 Å². The van der Waals surface area contributed by atoms with Crippen molar-refractivity contribution in [2.24, 2.45) is 10.1 Å². The van der Waals surface area contributed by atoms with Gasteiger partial charge in [-0.25, -0.2) is 0 Å². The summed E-state index contributed by atoms with van der Waals surface area (Å²) < 4.78 is 6.18. The summed E-state index contributed by atoms with van der Waals surface area (Å²) in [4.78, 5) is 16.4. The third-order valence-electron chi connectivity index (χ3n) is 3.45.